The van der Waals surface area contributed by atoms with Crippen LogP contribution in [0.4, 0.5) is 0 Å². The van der Waals surface area contributed by atoms with Crippen molar-refractivity contribution in [1.29, 1.82) is 0 Å². The van der Waals surface area contributed by atoms with E-state index in [1.807, 2.05) is 0 Å². The summed E-state index contributed by atoms with van der Waals surface area (Å²) in [4.78, 5) is 0. The van der Waals surface area contributed by atoms with Crippen molar-refractivity contribution in [1.82, 2.24) is 4.57 Å². The fraction of sp³-hybridized carbons (Fsp3) is 0.0222. The number of benzene rings is 8. The highest BCUT2D eigenvalue weighted by atomic mass is 16.3. The summed E-state index contributed by atoms with van der Waals surface area (Å²) < 4.78 is 9.12. The van der Waals surface area contributed by atoms with Gasteiger partial charge < -0.3 is 8.98 Å². The maximum absolute atomic E-state index is 6.83. The molecule has 8 aromatic carbocycles. The molecule has 47 heavy (non-hydrogen) atoms. The monoisotopic (exact) mass is 599 g/mol. The highest BCUT2D eigenvalue weighted by Crippen LogP contribution is 2.48. The smallest absolute Gasteiger partial charge is 0.144 e. The van der Waals surface area contributed by atoms with Gasteiger partial charge in [0.25, 0.3) is 0 Å². The number of nitrogens with zero attached hydrogens (tertiary/aromatic N) is 1. The first-order valence-electron chi connectivity index (χ1n) is 16.2. The third-order valence-electron chi connectivity index (χ3n) is 10.00. The molecule has 0 amide bonds. The van der Waals surface area contributed by atoms with Gasteiger partial charge >= 0.3 is 0 Å². The molecule has 0 aliphatic heterocycles. The minimum absolute atomic E-state index is 0.902. The number of furan rings is 1. The Morgan fingerprint density at radius 2 is 1.00 bits per heavy atom. The van der Waals surface area contributed by atoms with Crippen LogP contribution >= 0.6 is 0 Å². The van der Waals surface area contributed by atoms with Gasteiger partial charge in [-0.1, -0.05) is 127 Å². The summed E-state index contributed by atoms with van der Waals surface area (Å²) in [5.74, 6) is 0. The minimum Gasteiger partial charge on any atom is -0.455 e. The van der Waals surface area contributed by atoms with Gasteiger partial charge in [-0.05, 0) is 74.1 Å². The SMILES string of the molecule is Cn1c2ccccc2c2cc(-c3c4ccccc4c(-c4ccc(-c5ccc6ccccc6c5)cc4)c4oc5ccccc5c34)ccc21. The van der Waals surface area contributed by atoms with Crippen LogP contribution in [0.15, 0.2) is 162 Å². The summed E-state index contributed by atoms with van der Waals surface area (Å²) in [6, 6.07) is 57.1. The molecule has 0 N–H and O–H groups in total. The second kappa shape index (κ2) is 9.94. The summed E-state index contributed by atoms with van der Waals surface area (Å²) in [7, 11) is 2.15. The fourth-order valence-electron chi connectivity index (χ4n) is 7.75. The maximum Gasteiger partial charge on any atom is 0.144 e. The average Bonchev–Trinajstić information content (AvgIpc) is 3.65. The zero-order chi connectivity index (χ0) is 31.1. The van der Waals surface area contributed by atoms with Gasteiger partial charge in [0.15, 0.2) is 0 Å². The van der Waals surface area contributed by atoms with Crippen LogP contribution in [0.1, 0.15) is 0 Å². The first kappa shape index (κ1) is 26.1. The van der Waals surface area contributed by atoms with E-state index < -0.39 is 0 Å². The van der Waals surface area contributed by atoms with E-state index in [2.05, 4.69) is 169 Å². The molecule has 0 atom stereocenters. The number of hydrogen-bond donors (Lipinski definition) is 0. The minimum atomic E-state index is 0.902. The van der Waals surface area contributed by atoms with Crippen LogP contribution in [0.5, 0.6) is 0 Å². The third kappa shape index (κ3) is 3.85. The molecule has 0 radical (unpaired) electrons. The summed E-state index contributed by atoms with van der Waals surface area (Å²) in [5.41, 5.74) is 11.4. The van der Waals surface area contributed by atoms with Gasteiger partial charge in [-0.2, -0.15) is 0 Å². The summed E-state index contributed by atoms with van der Waals surface area (Å²) in [6.07, 6.45) is 0. The molecule has 0 aliphatic rings. The number of hydrogen-bond acceptors (Lipinski definition) is 1. The highest BCUT2D eigenvalue weighted by molar-refractivity contribution is 6.27. The lowest BCUT2D eigenvalue weighted by atomic mass is 9.87. The molecule has 2 heteroatoms. The molecule has 0 saturated heterocycles. The molecule has 10 rings (SSSR count). The Balaban J connectivity index is 1.24. The van der Waals surface area contributed by atoms with E-state index in [0.717, 1.165) is 33.1 Å². The number of fused-ring (bicyclic) bond motifs is 8. The van der Waals surface area contributed by atoms with Crippen molar-refractivity contribution in [2.45, 2.75) is 0 Å². The first-order valence-corrected chi connectivity index (χ1v) is 16.2. The van der Waals surface area contributed by atoms with Gasteiger partial charge in [-0.3, -0.25) is 0 Å². The van der Waals surface area contributed by atoms with Crippen LogP contribution in [0.25, 0.3) is 98.7 Å². The Morgan fingerprint density at radius 3 is 1.83 bits per heavy atom. The van der Waals surface area contributed by atoms with E-state index in [4.69, 9.17) is 4.42 Å². The number of rotatable bonds is 3. The van der Waals surface area contributed by atoms with E-state index in [1.54, 1.807) is 0 Å². The predicted molar refractivity (Wildman–Crippen MR) is 199 cm³/mol. The largest absolute Gasteiger partial charge is 0.455 e. The lowest BCUT2D eigenvalue weighted by Gasteiger charge is -2.15. The Bertz CT molecular complexity index is 2850. The Kier molecular flexibility index (Phi) is 5.53. The average molecular weight is 600 g/mol. The van der Waals surface area contributed by atoms with Crippen LogP contribution in [0.2, 0.25) is 0 Å². The van der Waals surface area contributed by atoms with Crippen molar-refractivity contribution in [3.63, 3.8) is 0 Å². The summed E-state index contributed by atoms with van der Waals surface area (Å²) in [6.45, 7) is 0. The molecule has 0 fully saturated rings. The van der Waals surface area contributed by atoms with Crippen molar-refractivity contribution in [3.8, 4) is 33.4 Å². The molecular weight excluding hydrogens is 571 g/mol. The van der Waals surface area contributed by atoms with Gasteiger partial charge in [-0.15, -0.1) is 0 Å². The Morgan fingerprint density at radius 1 is 0.404 bits per heavy atom. The lowest BCUT2D eigenvalue weighted by molar-refractivity contribution is 0.670. The van der Waals surface area contributed by atoms with Crippen molar-refractivity contribution in [2.24, 2.45) is 7.05 Å². The summed E-state index contributed by atoms with van der Waals surface area (Å²) in [5, 5.41) is 9.74. The van der Waals surface area contributed by atoms with Crippen molar-refractivity contribution >= 4 is 65.3 Å². The van der Waals surface area contributed by atoms with Gasteiger partial charge in [0.2, 0.25) is 0 Å². The zero-order valence-electron chi connectivity index (χ0n) is 25.9. The normalized spacial score (nSPS) is 11.9. The van der Waals surface area contributed by atoms with E-state index in [9.17, 15) is 0 Å². The number of aryl methyl sites for hydroxylation is 1. The predicted octanol–water partition coefficient (Wildman–Crippen LogP) is 12.5. The van der Waals surface area contributed by atoms with Gasteiger partial charge in [0.1, 0.15) is 11.2 Å². The molecule has 2 heterocycles. The topological polar surface area (TPSA) is 18.1 Å². The molecule has 2 aromatic heterocycles. The zero-order valence-corrected chi connectivity index (χ0v) is 25.9. The second-order valence-electron chi connectivity index (χ2n) is 12.5. The standard InChI is InChI=1S/C45H29NO/c1-46-39-16-8-6-12-34(39)38-27-33(24-25-40(38)46)42-35-13-4-5-14-36(35)43(45-44(42)37-15-7-9-17-41(37)47-45)30-21-18-29(19-22-30)32-23-20-28-10-2-3-11-31(28)26-32/h2-27H,1H3. The lowest BCUT2D eigenvalue weighted by Crippen LogP contribution is -1.90. The van der Waals surface area contributed by atoms with Crippen LogP contribution in [-0.2, 0) is 7.05 Å². The van der Waals surface area contributed by atoms with E-state index >= 15 is 0 Å². The number of para-hydroxylation sites is 2. The molecule has 10 aromatic rings. The van der Waals surface area contributed by atoms with E-state index in [1.165, 1.54) is 65.6 Å². The summed E-state index contributed by atoms with van der Waals surface area (Å²) >= 11 is 0. The van der Waals surface area contributed by atoms with Crippen LogP contribution < -0.4 is 0 Å². The molecular formula is C45H29NO. The Labute approximate surface area is 271 Å². The highest BCUT2D eigenvalue weighted by Gasteiger charge is 2.23. The van der Waals surface area contributed by atoms with Crippen molar-refractivity contribution < 1.29 is 4.42 Å². The van der Waals surface area contributed by atoms with Crippen LogP contribution in [0, 0.1) is 0 Å². The molecule has 0 unspecified atom stereocenters. The third-order valence-corrected chi connectivity index (χ3v) is 10.00. The molecule has 0 bridgehead atoms. The van der Waals surface area contributed by atoms with Gasteiger partial charge in [0.05, 0.1) is 0 Å². The molecule has 0 aliphatic carbocycles. The quantitative estimate of drug-likeness (QED) is 0.198. The van der Waals surface area contributed by atoms with Crippen molar-refractivity contribution in [3.05, 3.63) is 158 Å². The fourth-order valence-corrected chi connectivity index (χ4v) is 7.75. The van der Waals surface area contributed by atoms with Crippen LogP contribution in [-0.4, -0.2) is 4.57 Å². The first-order chi connectivity index (χ1) is 23.2. The second-order valence-corrected chi connectivity index (χ2v) is 12.5. The van der Waals surface area contributed by atoms with Gasteiger partial charge in [-0.25, -0.2) is 0 Å². The molecule has 0 spiro atoms. The molecule has 0 saturated carbocycles. The molecule has 220 valence electrons. The van der Waals surface area contributed by atoms with Crippen molar-refractivity contribution in [2.75, 3.05) is 0 Å². The van der Waals surface area contributed by atoms with E-state index in [0.29, 0.717) is 0 Å². The van der Waals surface area contributed by atoms with Gasteiger partial charge in [0, 0.05) is 50.8 Å². The number of aromatic nitrogens is 1. The molecule has 2 nitrogen and oxygen atoms in total. The maximum atomic E-state index is 6.83. The van der Waals surface area contributed by atoms with Crippen LogP contribution in [0.3, 0.4) is 0 Å². The van der Waals surface area contributed by atoms with E-state index in [-0.39, 0.29) is 0 Å². The Hall–Kier alpha value is -6.12.